The molecule has 1 aromatic carbocycles. The minimum absolute atomic E-state index is 0.641. The van der Waals surface area contributed by atoms with E-state index in [0.717, 1.165) is 35.7 Å². The zero-order chi connectivity index (χ0) is 13.7. The van der Waals surface area contributed by atoms with Crippen molar-refractivity contribution in [3.8, 4) is 0 Å². The van der Waals surface area contributed by atoms with E-state index in [4.69, 9.17) is 4.74 Å². The molecule has 0 saturated carbocycles. The molecule has 0 saturated heterocycles. The maximum Gasteiger partial charge on any atom is 0.168 e. The highest BCUT2D eigenvalue weighted by atomic mass is 16.5. The van der Waals surface area contributed by atoms with E-state index in [-0.39, 0.29) is 0 Å². The van der Waals surface area contributed by atoms with Crippen LogP contribution in [0.5, 0.6) is 0 Å². The molecule has 2 rings (SSSR count). The van der Waals surface area contributed by atoms with Crippen molar-refractivity contribution in [3.05, 3.63) is 47.4 Å². The lowest BCUT2D eigenvalue weighted by atomic mass is 10.1. The average molecular weight is 259 g/mol. The van der Waals surface area contributed by atoms with Crippen LogP contribution in [0.4, 0.5) is 0 Å². The van der Waals surface area contributed by atoms with Crippen LogP contribution in [-0.2, 0) is 4.74 Å². The molecule has 1 heterocycles. The summed E-state index contributed by atoms with van der Waals surface area (Å²) in [6.07, 6.45) is 0.905. The van der Waals surface area contributed by atoms with E-state index in [0.29, 0.717) is 6.61 Å². The summed E-state index contributed by atoms with van der Waals surface area (Å²) >= 11 is 0. The van der Waals surface area contributed by atoms with Crippen LogP contribution in [0.1, 0.15) is 32.8 Å². The second-order valence-electron chi connectivity index (χ2n) is 4.23. The van der Waals surface area contributed by atoms with Crippen molar-refractivity contribution in [1.82, 2.24) is 10.5 Å². The molecule has 0 unspecified atom stereocenters. The van der Waals surface area contributed by atoms with E-state index in [9.17, 15) is 0 Å². The first-order chi connectivity index (χ1) is 9.31. The Kier molecular flexibility index (Phi) is 4.44. The molecule has 0 radical (unpaired) electrons. The Morgan fingerprint density at radius 2 is 1.89 bits per heavy atom. The van der Waals surface area contributed by atoms with Crippen LogP contribution in [-0.4, -0.2) is 23.9 Å². The van der Waals surface area contributed by atoms with Gasteiger partial charge < -0.3 is 4.74 Å². The molecule has 0 aromatic heterocycles. The molecule has 0 amide bonds. The van der Waals surface area contributed by atoms with Crippen LogP contribution < -0.4 is 5.53 Å². The van der Waals surface area contributed by atoms with Crippen molar-refractivity contribution in [2.24, 2.45) is 5.10 Å². The third-order valence-corrected chi connectivity index (χ3v) is 3.07. The van der Waals surface area contributed by atoms with Crippen molar-refractivity contribution in [3.63, 3.8) is 0 Å². The SMILES string of the molecule is CCOC1=C(CC)N(CC)NN=C1c1ccccc1. The molecule has 0 aliphatic carbocycles. The molecule has 0 spiro atoms. The van der Waals surface area contributed by atoms with Gasteiger partial charge in [0.05, 0.1) is 12.3 Å². The third-order valence-electron chi connectivity index (χ3n) is 3.07. The number of allylic oxidation sites excluding steroid dienone is 2. The molecular formula is C15H21N3O. The van der Waals surface area contributed by atoms with Gasteiger partial charge in [0.25, 0.3) is 0 Å². The minimum Gasteiger partial charge on any atom is -0.490 e. The molecule has 1 aliphatic rings. The van der Waals surface area contributed by atoms with Crippen LogP contribution in [0, 0.1) is 0 Å². The minimum atomic E-state index is 0.641. The average Bonchev–Trinajstić information content (AvgIpc) is 2.48. The van der Waals surface area contributed by atoms with Crippen LogP contribution in [0.15, 0.2) is 46.9 Å². The van der Waals surface area contributed by atoms with Crippen LogP contribution in [0.2, 0.25) is 0 Å². The van der Waals surface area contributed by atoms with E-state index in [1.165, 1.54) is 0 Å². The largest absolute Gasteiger partial charge is 0.490 e. The number of benzene rings is 1. The van der Waals surface area contributed by atoms with Crippen LogP contribution in [0.25, 0.3) is 0 Å². The first kappa shape index (κ1) is 13.5. The first-order valence-electron chi connectivity index (χ1n) is 6.84. The van der Waals surface area contributed by atoms with Gasteiger partial charge in [0.15, 0.2) is 5.76 Å². The van der Waals surface area contributed by atoms with E-state index in [2.05, 4.69) is 36.6 Å². The summed E-state index contributed by atoms with van der Waals surface area (Å²) in [5.74, 6) is 0.886. The molecule has 0 fully saturated rings. The van der Waals surface area contributed by atoms with E-state index in [1.807, 2.05) is 30.1 Å². The summed E-state index contributed by atoms with van der Waals surface area (Å²) in [6.45, 7) is 7.72. The zero-order valence-corrected chi connectivity index (χ0v) is 11.8. The van der Waals surface area contributed by atoms with Gasteiger partial charge in [0.2, 0.25) is 0 Å². The van der Waals surface area contributed by atoms with Gasteiger partial charge in [-0.05, 0) is 20.3 Å². The Morgan fingerprint density at radius 3 is 2.47 bits per heavy atom. The predicted molar refractivity (Wildman–Crippen MR) is 77.4 cm³/mol. The van der Waals surface area contributed by atoms with Gasteiger partial charge in [0.1, 0.15) is 5.71 Å². The fourth-order valence-electron chi connectivity index (χ4n) is 2.18. The lowest BCUT2D eigenvalue weighted by Crippen LogP contribution is -2.40. The first-order valence-corrected chi connectivity index (χ1v) is 6.84. The van der Waals surface area contributed by atoms with Gasteiger partial charge in [-0.15, -0.1) is 0 Å². The van der Waals surface area contributed by atoms with Gasteiger partial charge in [-0.25, -0.2) is 5.53 Å². The Morgan fingerprint density at radius 1 is 1.16 bits per heavy atom. The van der Waals surface area contributed by atoms with Gasteiger partial charge in [-0.2, -0.15) is 5.10 Å². The second-order valence-corrected chi connectivity index (χ2v) is 4.23. The highest BCUT2D eigenvalue weighted by molar-refractivity contribution is 6.11. The van der Waals surface area contributed by atoms with Crippen molar-refractivity contribution in [2.75, 3.05) is 13.2 Å². The number of hydrogen-bond acceptors (Lipinski definition) is 4. The third kappa shape index (κ3) is 2.72. The smallest absolute Gasteiger partial charge is 0.168 e. The summed E-state index contributed by atoms with van der Waals surface area (Å²) in [6, 6.07) is 10.1. The Labute approximate surface area is 114 Å². The number of nitrogens with zero attached hydrogens (tertiary/aromatic N) is 2. The summed E-state index contributed by atoms with van der Waals surface area (Å²) in [5, 5.41) is 6.49. The number of ether oxygens (including phenoxy) is 1. The van der Waals surface area contributed by atoms with Crippen molar-refractivity contribution < 1.29 is 4.74 Å². The van der Waals surface area contributed by atoms with Crippen molar-refractivity contribution in [1.29, 1.82) is 0 Å². The quantitative estimate of drug-likeness (QED) is 0.883. The van der Waals surface area contributed by atoms with E-state index in [1.54, 1.807) is 0 Å². The highest BCUT2D eigenvalue weighted by Gasteiger charge is 2.23. The summed E-state index contributed by atoms with van der Waals surface area (Å²) in [5.41, 5.74) is 6.19. The van der Waals surface area contributed by atoms with Gasteiger partial charge in [-0.1, -0.05) is 37.3 Å². The number of nitrogens with one attached hydrogen (secondary N) is 1. The molecule has 4 nitrogen and oxygen atoms in total. The van der Waals surface area contributed by atoms with E-state index >= 15 is 0 Å². The maximum absolute atomic E-state index is 5.85. The molecule has 0 bridgehead atoms. The predicted octanol–water partition coefficient (Wildman–Crippen LogP) is 2.89. The lowest BCUT2D eigenvalue weighted by molar-refractivity contribution is 0.190. The molecule has 0 atom stereocenters. The normalized spacial score (nSPS) is 15.1. The monoisotopic (exact) mass is 259 g/mol. The number of hydrogen-bond donors (Lipinski definition) is 1. The molecule has 102 valence electrons. The molecular weight excluding hydrogens is 238 g/mol. The molecule has 19 heavy (non-hydrogen) atoms. The van der Waals surface area contributed by atoms with Crippen LogP contribution >= 0.6 is 0 Å². The Bertz CT molecular complexity index is 479. The van der Waals surface area contributed by atoms with Crippen molar-refractivity contribution >= 4 is 5.71 Å². The second kappa shape index (κ2) is 6.27. The highest BCUT2D eigenvalue weighted by Crippen LogP contribution is 2.22. The molecule has 1 aliphatic heterocycles. The van der Waals surface area contributed by atoms with Crippen LogP contribution in [0.3, 0.4) is 0 Å². The number of hydrazone groups is 1. The van der Waals surface area contributed by atoms with E-state index < -0.39 is 0 Å². The maximum atomic E-state index is 5.85. The van der Waals surface area contributed by atoms with Gasteiger partial charge >= 0.3 is 0 Å². The standard InChI is InChI=1S/C15H21N3O/c1-4-13-15(19-6-3)14(16-17-18(13)5-2)12-10-8-7-9-11-12/h7-11,17H,4-6H2,1-3H3. The molecule has 1 N–H and O–H groups in total. The van der Waals surface area contributed by atoms with Gasteiger partial charge in [-0.3, -0.25) is 5.01 Å². The number of rotatable bonds is 5. The Balaban J connectivity index is 2.43. The summed E-state index contributed by atoms with van der Waals surface area (Å²) in [4.78, 5) is 0. The topological polar surface area (TPSA) is 36.9 Å². The Hall–Kier alpha value is -1.97. The summed E-state index contributed by atoms with van der Waals surface area (Å²) in [7, 11) is 0. The number of hydrazine groups is 1. The fraction of sp³-hybridized carbons (Fsp3) is 0.400. The van der Waals surface area contributed by atoms with Crippen molar-refractivity contribution in [2.45, 2.75) is 27.2 Å². The molecule has 4 heteroatoms. The fourth-order valence-corrected chi connectivity index (χ4v) is 2.18. The lowest BCUT2D eigenvalue weighted by Gasteiger charge is -2.31. The molecule has 1 aromatic rings. The zero-order valence-electron chi connectivity index (χ0n) is 11.8. The van der Waals surface area contributed by atoms with Gasteiger partial charge in [0, 0.05) is 12.1 Å². The summed E-state index contributed by atoms with van der Waals surface area (Å²) < 4.78 is 5.85.